The van der Waals surface area contributed by atoms with Crippen molar-refractivity contribution in [3.63, 3.8) is 0 Å². The van der Waals surface area contributed by atoms with E-state index in [4.69, 9.17) is 0 Å². The van der Waals surface area contributed by atoms with Gasteiger partial charge in [0.2, 0.25) is 0 Å². The second-order valence-electron chi connectivity index (χ2n) is 6.58. The zero-order valence-corrected chi connectivity index (χ0v) is 14.4. The first kappa shape index (κ1) is 17.5. The maximum absolute atomic E-state index is 13.5. The first-order valence-corrected chi connectivity index (χ1v) is 8.73. The molecular weight excluding hydrogens is 355 g/mol. The number of rotatable bonds is 3. The fourth-order valence-corrected chi connectivity index (χ4v) is 3.48. The number of aromatic hydroxyl groups is 1. The van der Waals surface area contributed by atoms with Gasteiger partial charge in [-0.05, 0) is 37.1 Å². The van der Waals surface area contributed by atoms with Crippen LogP contribution < -0.4 is 4.90 Å². The number of para-hydroxylation sites is 1. The Balaban J connectivity index is 1.71. The minimum Gasteiger partial charge on any atom is -0.494 e. The first-order valence-electron chi connectivity index (χ1n) is 8.73. The molecule has 0 spiro atoms. The SMILES string of the molecule is Oc1[nH]c2ccccc2c1C=Nc1ccc(N2CCCC2)c(C(F)(F)F)c1. The van der Waals surface area contributed by atoms with Gasteiger partial charge in [-0.2, -0.15) is 13.2 Å². The number of hydrogen-bond donors (Lipinski definition) is 2. The second kappa shape index (κ2) is 6.64. The van der Waals surface area contributed by atoms with Gasteiger partial charge in [0.25, 0.3) is 0 Å². The van der Waals surface area contributed by atoms with Crippen molar-refractivity contribution in [2.24, 2.45) is 4.99 Å². The summed E-state index contributed by atoms with van der Waals surface area (Å²) in [5, 5.41) is 10.8. The van der Waals surface area contributed by atoms with Crippen LogP contribution in [0.1, 0.15) is 24.0 Å². The second-order valence-corrected chi connectivity index (χ2v) is 6.58. The van der Waals surface area contributed by atoms with E-state index in [1.807, 2.05) is 18.2 Å². The van der Waals surface area contributed by atoms with Crippen molar-refractivity contribution >= 4 is 28.5 Å². The molecule has 0 saturated carbocycles. The highest BCUT2D eigenvalue weighted by atomic mass is 19.4. The Bertz CT molecular complexity index is 1000. The van der Waals surface area contributed by atoms with Crippen molar-refractivity contribution in [2.75, 3.05) is 18.0 Å². The number of aromatic nitrogens is 1. The van der Waals surface area contributed by atoms with Crippen molar-refractivity contribution in [3.05, 3.63) is 53.6 Å². The quantitative estimate of drug-likeness (QED) is 0.617. The van der Waals surface area contributed by atoms with E-state index < -0.39 is 11.7 Å². The summed E-state index contributed by atoms with van der Waals surface area (Å²) < 4.78 is 40.6. The minimum absolute atomic E-state index is 0.0651. The van der Waals surface area contributed by atoms with Crippen LogP contribution in [0.3, 0.4) is 0 Å². The molecule has 1 saturated heterocycles. The van der Waals surface area contributed by atoms with Crippen LogP contribution in [0.5, 0.6) is 5.88 Å². The van der Waals surface area contributed by atoms with E-state index in [2.05, 4.69) is 9.98 Å². The summed E-state index contributed by atoms with van der Waals surface area (Å²) in [7, 11) is 0. The summed E-state index contributed by atoms with van der Waals surface area (Å²) in [6.45, 7) is 1.27. The fourth-order valence-electron chi connectivity index (χ4n) is 3.48. The summed E-state index contributed by atoms with van der Waals surface area (Å²) in [5.41, 5.74) is 0.894. The van der Waals surface area contributed by atoms with Crippen LogP contribution in [0.2, 0.25) is 0 Å². The first-order chi connectivity index (χ1) is 12.9. The highest BCUT2D eigenvalue weighted by Gasteiger charge is 2.35. The molecule has 1 aromatic heterocycles. The van der Waals surface area contributed by atoms with Gasteiger partial charge in [-0.1, -0.05) is 18.2 Å². The van der Waals surface area contributed by atoms with Gasteiger partial charge in [0, 0.05) is 35.9 Å². The van der Waals surface area contributed by atoms with E-state index in [9.17, 15) is 18.3 Å². The molecule has 0 bridgehead atoms. The molecule has 140 valence electrons. The lowest BCUT2D eigenvalue weighted by molar-refractivity contribution is -0.137. The van der Waals surface area contributed by atoms with Gasteiger partial charge < -0.3 is 15.0 Å². The third-order valence-electron chi connectivity index (χ3n) is 4.80. The van der Waals surface area contributed by atoms with Crippen LogP contribution in [0, 0.1) is 0 Å². The van der Waals surface area contributed by atoms with E-state index in [0.29, 0.717) is 18.7 Å². The molecule has 7 heteroatoms. The van der Waals surface area contributed by atoms with Crippen LogP contribution in [-0.2, 0) is 6.18 Å². The topological polar surface area (TPSA) is 51.6 Å². The Kier molecular flexibility index (Phi) is 4.30. The third-order valence-corrected chi connectivity index (χ3v) is 4.80. The number of hydrogen-bond acceptors (Lipinski definition) is 3. The molecule has 1 aliphatic heterocycles. The maximum Gasteiger partial charge on any atom is 0.418 e. The van der Waals surface area contributed by atoms with Gasteiger partial charge in [0.15, 0.2) is 5.88 Å². The number of anilines is 1. The summed E-state index contributed by atoms with van der Waals surface area (Å²) in [6, 6.07) is 11.4. The van der Waals surface area contributed by atoms with Crippen molar-refractivity contribution < 1.29 is 18.3 Å². The fraction of sp³-hybridized carbons (Fsp3) is 0.250. The summed E-state index contributed by atoms with van der Waals surface area (Å²) in [5.74, 6) is -0.0651. The van der Waals surface area contributed by atoms with Crippen molar-refractivity contribution in [1.29, 1.82) is 0 Å². The highest BCUT2D eigenvalue weighted by molar-refractivity contribution is 6.02. The highest BCUT2D eigenvalue weighted by Crippen LogP contribution is 2.40. The predicted octanol–water partition coefficient (Wildman–Crippen LogP) is 5.24. The Morgan fingerprint density at radius 2 is 1.81 bits per heavy atom. The lowest BCUT2D eigenvalue weighted by Crippen LogP contribution is -2.21. The standard InChI is InChI=1S/C20H18F3N3O/c21-20(22,23)16-11-13(7-8-18(16)26-9-3-4-10-26)24-12-15-14-5-1-2-6-17(14)25-19(15)27/h1-2,5-8,11-12,25,27H,3-4,9-10H2. The molecule has 1 aliphatic rings. The van der Waals surface area contributed by atoms with E-state index in [1.54, 1.807) is 17.0 Å². The minimum atomic E-state index is -4.45. The smallest absolute Gasteiger partial charge is 0.418 e. The van der Waals surface area contributed by atoms with E-state index in [-0.39, 0.29) is 17.3 Å². The molecule has 4 rings (SSSR count). The molecule has 0 atom stereocenters. The number of benzene rings is 2. The van der Waals surface area contributed by atoms with Crippen LogP contribution >= 0.6 is 0 Å². The Morgan fingerprint density at radius 3 is 2.56 bits per heavy atom. The Hall–Kier alpha value is -2.96. The zero-order valence-electron chi connectivity index (χ0n) is 14.4. The molecule has 1 fully saturated rings. The Labute approximate surface area is 154 Å². The number of fused-ring (bicyclic) bond motifs is 1. The van der Waals surface area contributed by atoms with Gasteiger partial charge in [-0.25, -0.2) is 0 Å². The molecule has 3 aromatic rings. The average Bonchev–Trinajstić information content (AvgIpc) is 3.26. The summed E-state index contributed by atoms with van der Waals surface area (Å²) in [4.78, 5) is 8.77. The van der Waals surface area contributed by atoms with E-state index >= 15 is 0 Å². The number of nitrogens with one attached hydrogen (secondary N) is 1. The molecule has 0 unspecified atom stereocenters. The van der Waals surface area contributed by atoms with Crippen LogP contribution in [0.25, 0.3) is 10.9 Å². The van der Waals surface area contributed by atoms with Crippen molar-refractivity contribution in [3.8, 4) is 5.88 Å². The lowest BCUT2D eigenvalue weighted by Gasteiger charge is -2.22. The monoisotopic (exact) mass is 373 g/mol. The molecule has 0 aliphatic carbocycles. The lowest BCUT2D eigenvalue weighted by atomic mass is 10.1. The van der Waals surface area contributed by atoms with Gasteiger partial charge in [0.05, 0.1) is 16.8 Å². The summed E-state index contributed by atoms with van der Waals surface area (Å²) in [6.07, 6.45) is -1.26. The predicted molar refractivity (Wildman–Crippen MR) is 100 cm³/mol. The number of aromatic amines is 1. The van der Waals surface area contributed by atoms with Crippen molar-refractivity contribution in [1.82, 2.24) is 4.98 Å². The largest absolute Gasteiger partial charge is 0.494 e. The summed E-state index contributed by atoms with van der Waals surface area (Å²) >= 11 is 0. The average molecular weight is 373 g/mol. The molecule has 2 aromatic carbocycles. The number of aliphatic imine (C=N–C) groups is 1. The normalized spacial score (nSPS) is 15.3. The molecule has 2 N–H and O–H groups in total. The molecule has 27 heavy (non-hydrogen) atoms. The number of halogens is 3. The van der Waals surface area contributed by atoms with Crippen LogP contribution in [-0.4, -0.2) is 29.4 Å². The van der Waals surface area contributed by atoms with Crippen LogP contribution in [0.4, 0.5) is 24.5 Å². The van der Waals surface area contributed by atoms with Crippen LogP contribution in [0.15, 0.2) is 47.5 Å². The van der Waals surface area contributed by atoms with Gasteiger partial charge >= 0.3 is 6.18 Å². The maximum atomic E-state index is 13.5. The van der Waals surface area contributed by atoms with Gasteiger partial charge in [0.1, 0.15) is 0 Å². The van der Waals surface area contributed by atoms with Gasteiger partial charge in [-0.15, -0.1) is 0 Å². The number of nitrogens with zero attached hydrogens (tertiary/aromatic N) is 2. The number of H-pyrrole nitrogens is 1. The van der Waals surface area contributed by atoms with Crippen molar-refractivity contribution in [2.45, 2.75) is 19.0 Å². The molecule has 0 radical (unpaired) electrons. The molecule has 2 heterocycles. The van der Waals surface area contributed by atoms with E-state index in [1.165, 1.54) is 12.3 Å². The van der Waals surface area contributed by atoms with E-state index in [0.717, 1.165) is 29.8 Å². The molecular formula is C20H18F3N3O. The number of alkyl halides is 3. The molecule has 4 nitrogen and oxygen atoms in total. The molecule has 0 amide bonds. The third kappa shape index (κ3) is 3.37. The zero-order chi connectivity index (χ0) is 19.0. The Morgan fingerprint density at radius 1 is 1.07 bits per heavy atom. The van der Waals surface area contributed by atoms with Gasteiger partial charge in [-0.3, -0.25) is 4.99 Å².